The van der Waals surface area contributed by atoms with Crippen LogP contribution >= 0.6 is 0 Å². The molecule has 0 saturated heterocycles. The fourth-order valence-corrected chi connectivity index (χ4v) is 1.46. The summed E-state index contributed by atoms with van der Waals surface area (Å²) in [6.07, 6.45) is 0. The minimum atomic E-state index is -0.484. The standard InChI is InChI=1S/C12H11N3O3/c13-12-7-3-4-9(14-12)8-18-11-6-2-1-5-10(11)15(16)17/h1-7H,8H2,(H2,13,14). The topological polar surface area (TPSA) is 91.3 Å². The maximum Gasteiger partial charge on any atom is 0.310 e. The second-order valence-corrected chi connectivity index (χ2v) is 3.57. The normalized spacial score (nSPS) is 10.0. The van der Waals surface area contributed by atoms with Crippen molar-refractivity contribution in [3.05, 3.63) is 58.3 Å². The maximum absolute atomic E-state index is 10.8. The number of nitrogens with two attached hydrogens (primary N) is 1. The number of nitro benzene ring substituents is 1. The number of nitrogen functional groups attached to an aromatic ring is 1. The lowest BCUT2D eigenvalue weighted by molar-refractivity contribution is -0.385. The molecule has 1 aromatic carbocycles. The van der Waals surface area contributed by atoms with Gasteiger partial charge in [-0.05, 0) is 18.2 Å². The molecule has 0 unspecified atom stereocenters. The van der Waals surface area contributed by atoms with Crippen molar-refractivity contribution in [2.24, 2.45) is 0 Å². The largest absolute Gasteiger partial charge is 0.480 e. The van der Waals surface area contributed by atoms with Crippen LogP contribution in [0, 0.1) is 10.1 Å². The van der Waals surface area contributed by atoms with Crippen LogP contribution in [0.15, 0.2) is 42.5 Å². The Bertz CT molecular complexity index is 572. The summed E-state index contributed by atoms with van der Waals surface area (Å²) in [4.78, 5) is 14.3. The molecule has 0 radical (unpaired) electrons. The molecule has 0 amide bonds. The number of aromatic nitrogens is 1. The van der Waals surface area contributed by atoms with Crippen LogP contribution in [0.2, 0.25) is 0 Å². The van der Waals surface area contributed by atoms with Crippen LogP contribution in [0.25, 0.3) is 0 Å². The fourth-order valence-electron chi connectivity index (χ4n) is 1.46. The van der Waals surface area contributed by atoms with Crippen molar-refractivity contribution in [1.29, 1.82) is 0 Å². The van der Waals surface area contributed by atoms with Crippen molar-refractivity contribution in [2.45, 2.75) is 6.61 Å². The van der Waals surface area contributed by atoms with Crippen LogP contribution in [-0.4, -0.2) is 9.91 Å². The molecule has 0 saturated carbocycles. The van der Waals surface area contributed by atoms with Crippen LogP contribution in [0.1, 0.15) is 5.69 Å². The highest BCUT2D eigenvalue weighted by Crippen LogP contribution is 2.26. The van der Waals surface area contributed by atoms with Gasteiger partial charge < -0.3 is 10.5 Å². The smallest absolute Gasteiger partial charge is 0.310 e. The van der Waals surface area contributed by atoms with E-state index in [2.05, 4.69) is 4.98 Å². The first kappa shape index (κ1) is 11.8. The Labute approximate surface area is 103 Å². The quantitative estimate of drug-likeness (QED) is 0.658. The zero-order valence-corrected chi connectivity index (χ0v) is 9.45. The van der Waals surface area contributed by atoms with Crippen LogP contribution in [0.5, 0.6) is 5.75 Å². The number of pyridine rings is 1. The van der Waals surface area contributed by atoms with Crippen molar-refractivity contribution in [1.82, 2.24) is 4.98 Å². The van der Waals surface area contributed by atoms with Gasteiger partial charge in [0.25, 0.3) is 0 Å². The number of para-hydroxylation sites is 2. The van der Waals surface area contributed by atoms with Crippen LogP contribution in [0.4, 0.5) is 11.5 Å². The Morgan fingerprint density at radius 2 is 2.00 bits per heavy atom. The third-order valence-corrected chi connectivity index (χ3v) is 2.27. The highest BCUT2D eigenvalue weighted by molar-refractivity contribution is 5.45. The molecule has 0 aliphatic rings. The lowest BCUT2D eigenvalue weighted by Gasteiger charge is -2.06. The Kier molecular flexibility index (Phi) is 3.38. The van der Waals surface area contributed by atoms with Gasteiger partial charge in [0.1, 0.15) is 12.4 Å². The van der Waals surface area contributed by atoms with E-state index in [-0.39, 0.29) is 18.0 Å². The van der Waals surface area contributed by atoms with Crippen LogP contribution in [-0.2, 0) is 6.61 Å². The minimum absolute atomic E-state index is 0.0681. The molecular weight excluding hydrogens is 234 g/mol. The summed E-state index contributed by atoms with van der Waals surface area (Å²) in [6, 6.07) is 11.4. The van der Waals surface area contributed by atoms with Gasteiger partial charge in [-0.1, -0.05) is 18.2 Å². The third-order valence-electron chi connectivity index (χ3n) is 2.27. The molecule has 0 fully saturated rings. The van der Waals surface area contributed by atoms with Gasteiger partial charge >= 0.3 is 5.69 Å². The van der Waals surface area contributed by atoms with Gasteiger partial charge in [0.15, 0.2) is 5.75 Å². The minimum Gasteiger partial charge on any atom is -0.480 e. The van der Waals surface area contributed by atoms with E-state index in [1.165, 1.54) is 6.07 Å². The molecule has 92 valence electrons. The predicted molar refractivity (Wildman–Crippen MR) is 66.1 cm³/mol. The van der Waals surface area contributed by atoms with Crippen molar-refractivity contribution in [3.63, 3.8) is 0 Å². The van der Waals surface area contributed by atoms with Gasteiger partial charge in [-0.15, -0.1) is 0 Å². The van der Waals surface area contributed by atoms with Crippen molar-refractivity contribution in [2.75, 3.05) is 5.73 Å². The van der Waals surface area contributed by atoms with E-state index in [1.807, 2.05) is 0 Å². The van der Waals surface area contributed by atoms with E-state index in [4.69, 9.17) is 10.5 Å². The summed E-state index contributed by atoms with van der Waals surface area (Å²) in [6.45, 7) is 0.135. The summed E-state index contributed by atoms with van der Waals surface area (Å²) in [5, 5.41) is 10.8. The van der Waals surface area contributed by atoms with E-state index < -0.39 is 4.92 Å². The molecule has 2 aromatic rings. The first-order chi connectivity index (χ1) is 8.66. The van der Waals surface area contributed by atoms with E-state index >= 15 is 0 Å². The van der Waals surface area contributed by atoms with Gasteiger partial charge in [0, 0.05) is 6.07 Å². The fraction of sp³-hybridized carbons (Fsp3) is 0.0833. The Morgan fingerprint density at radius 1 is 1.22 bits per heavy atom. The molecule has 1 heterocycles. The number of benzene rings is 1. The number of nitrogens with zero attached hydrogens (tertiary/aromatic N) is 2. The lowest BCUT2D eigenvalue weighted by Crippen LogP contribution is -2.02. The first-order valence-electron chi connectivity index (χ1n) is 5.24. The molecule has 6 heteroatoms. The zero-order valence-electron chi connectivity index (χ0n) is 9.45. The predicted octanol–water partition coefficient (Wildman–Crippen LogP) is 2.15. The molecule has 6 nitrogen and oxygen atoms in total. The second kappa shape index (κ2) is 5.13. The molecular formula is C12H11N3O3. The summed E-state index contributed by atoms with van der Waals surface area (Å²) in [7, 11) is 0. The van der Waals surface area contributed by atoms with E-state index in [0.717, 1.165) is 0 Å². The molecule has 0 spiro atoms. The van der Waals surface area contributed by atoms with Gasteiger partial charge in [-0.25, -0.2) is 4.98 Å². The molecule has 18 heavy (non-hydrogen) atoms. The molecule has 2 rings (SSSR count). The summed E-state index contributed by atoms with van der Waals surface area (Å²) in [5.41, 5.74) is 6.08. The zero-order chi connectivity index (χ0) is 13.0. The molecule has 1 aromatic heterocycles. The summed E-state index contributed by atoms with van der Waals surface area (Å²) >= 11 is 0. The van der Waals surface area contributed by atoms with E-state index in [9.17, 15) is 10.1 Å². The van der Waals surface area contributed by atoms with Gasteiger partial charge in [-0.2, -0.15) is 0 Å². The van der Waals surface area contributed by atoms with Crippen LogP contribution < -0.4 is 10.5 Å². The average molecular weight is 245 g/mol. The SMILES string of the molecule is Nc1cccc(COc2ccccc2[N+](=O)[O-])n1. The monoisotopic (exact) mass is 245 g/mol. The summed E-state index contributed by atoms with van der Waals surface area (Å²) < 4.78 is 5.38. The number of nitro groups is 1. The first-order valence-corrected chi connectivity index (χ1v) is 5.24. The molecule has 0 aliphatic heterocycles. The third kappa shape index (κ3) is 2.73. The van der Waals surface area contributed by atoms with Gasteiger partial charge in [0.2, 0.25) is 0 Å². The molecule has 0 bridgehead atoms. The van der Waals surface area contributed by atoms with Crippen molar-refractivity contribution >= 4 is 11.5 Å². The molecule has 2 N–H and O–H groups in total. The Morgan fingerprint density at radius 3 is 2.72 bits per heavy atom. The lowest BCUT2D eigenvalue weighted by atomic mass is 10.3. The number of rotatable bonds is 4. The van der Waals surface area contributed by atoms with Gasteiger partial charge in [0.05, 0.1) is 10.6 Å². The Balaban J connectivity index is 2.13. The number of hydrogen-bond donors (Lipinski definition) is 1. The number of hydrogen-bond acceptors (Lipinski definition) is 5. The van der Waals surface area contributed by atoms with E-state index in [0.29, 0.717) is 11.5 Å². The number of ether oxygens (including phenoxy) is 1. The molecule has 0 atom stereocenters. The second-order valence-electron chi connectivity index (χ2n) is 3.57. The van der Waals surface area contributed by atoms with Crippen LogP contribution in [0.3, 0.4) is 0 Å². The van der Waals surface area contributed by atoms with Crippen molar-refractivity contribution in [3.8, 4) is 5.75 Å². The number of anilines is 1. The maximum atomic E-state index is 10.8. The highest BCUT2D eigenvalue weighted by Gasteiger charge is 2.13. The molecule has 0 aliphatic carbocycles. The summed E-state index contributed by atoms with van der Waals surface area (Å²) in [5.74, 6) is 0.602. The van der Waals surface area contributed by atoms with E-state index in [1.54, 1.807) is 36.4 Å². The average Bonchev–Trinajstić information content (AvgIpc) is 2.37. The Hall–Kier alpha value is -2.63. The highest BCUT2D eigenvalue weighted by atomic mass is 16.6. The van der Waals surface area contributed by atoms with Gasteiger partial charge in [-0.3, -0.25) is 10.1 Å². The van der Waals surface area contributed by atoms with Crippen molar-refractivity contribution < 1.29 is 9.66 Å².